The molecule has 0 spiro atoms. The Labute approximate surface area is 292 Å². The summed E-state index contributed by atoms with van der Waals surface area (Å²) in [4.78, 5) is 2.49. The van der Waals surface area contributed by atoms with Gasteiger partial charge in [-0.15, -0.1) is 11.3 Å². The fourth-order valence-electron chi connectivity index (χ4n) is 8.44. The maximum Gasteiger partial charge on any atom is 0.0554 e. The molecule has 232 valence electrons. The van der Waals surface area contributed by atoms with Gasteiger partial charge in [-0.3, -0.25) is 0 Å². The zero-order valence-corrected chi connectivity index (χ0v) is 27.9. The zero-order valence-electron chi connectivity index (χ0n) is 27.1. The van der Waals surface area contributed by atoms with E-state index < -0.39 is 0 Å². The van der Waals surface area contributed by atoms with Gasteiger partial charge in [-0.1, -0.05) is 133 Å². The van der Waals surface area contributed by atoms with Crippen molar-refractivity contribution in [3.05, 3.63) is 176 Å². The SMILES string of the molecule is c1ccc2c(c1)sc1cccc(N(c3ccc4c5ccccc5c5ccccc5c4c3)c3ccc4c5ccccc5c5ccccc5c4c3)c12. The normalized spacial score (nSPS) is 12.0. The second kappa shape index (κ2) is 10.6. The van der Waals surface area contributed by atoms with Gasteiger partial charge in [0.2, 0.25) is 0 Å². The van der Waals surface area contributed by atoms with E-state index in [2.05, 4.69) is 181 Å². The molecule has 1 aromatic heterocycles. The molecule has 0 amide bonds. The molecule has 0 N–H and O–H groups in total. The Morgan fingerprint density at radius 3 is 1.10 bits per heavy atom. The summed E-state index contributed by atoms with van der Waals surface area (Å²) in [5.74, 6) is 0. The van der Waals surface area contributed by atoms with Crippen molar-refractivity contribution in [2.24, 2.45) is 0 Å². The van der Waals surface area contributed by atoms with E-state index in [0.717, 1.165) is 11.4 Å². The highest BCUT2D eigenvalue weighted by Crippen LogP contribution is 2.47. The van der Waals surface area contributed by atoms with Crippen LogP contribution in [0.4, 0.5) is 17.1 Å². The van der Waals surface area contributed by atoms with E-state index in [0.29, 0.717) is 0 Å². The summed E-state index contributed by atoms with van der Waals surface area (Å²) in [6, 6.07) is 65.1. The fraction of sp³-hybridized carbons (Fsp3) is 0. The number of anilines is 3. The van der Waals surface area contributed by atoms with Gasteiger partial charge in [-0.05, 0) is 107 Å². The molecule has 10 aromatic carbocycles. The van der Waals surface area contributed by atoms with Crippen molar-refractivity contribution >= 4 is 113 Å². The van der Waals surface area contributed by atoms with Crippen LogP contribution in [0.5, 0.6) is 0 Å². The highest BCUT2D eigenvalue weighted by Gasteiger charge is 2.21. The maximum atomic E-state index is 2.49. The Morgan fingerprint density at radius 1 is 0.280 bits per heavy atom. The molecule has 1 nitrogen and oxygen atoms in total. The first-order valence-corrected chi connectivity index (χ1v) is 18.0. The number of nitrogens with zero attached hydrogens (tertiary/aromatic N) is 1. The first kappa shape index (κ1) is 27.7. The Balaban J connectivity index is 1.26. The number of benzene rings is 10. The minimum Gasteiger partial charge on any atom is -0.310 e. The molecule has 0 aliphatic rings. The number of hydrogen-bond acceptors (Lipinski definition) is 2. The van der Waals surface area contributed by atoms with Crippen LogP contribution in [0.2, 0.25) is 0 Å². The fourth-order valence-corrected chi connectivity index (χ4v) is 9.57. The molecule has 0 bridgehead atoms. The Morgan fingerprint density at radius 2 is 0.640 bits per heavy atom. The first-order chi connectivity index (χ1) is 24.8. The van der Waals surface area contributed by atoms with Gasteiger partial charge in [-0.2, -0.15) is 0 Å². The quantitative estimate of drug-likeness (QED) is 0.172. The summed E-state index contributed by atoms with van der Waals surface area (Å²) in [6.45, 7) is 0. The minimum atomic E-state index is 1.14. The van der Waals surface area contributed by atoms with Crippen LogP contribution in [0.1, 0.15) is 0 Å². The van der Waals surface area contributed by atoms with Crippen molar-refractivity contribution < 1.29 is 0 Å². The molecule has 0 fully saturated rings. The Bertz CT molecular complexity index is 2940. The third kappa shape index (κ3) is 3.94. The Hall–Kier alpha value is -6.22. The van der Waals surface area contributed by atoms with E-state index in [-0.39, 0.29) is 0 Å². The van der Waals surface area contributed by atoms with Gasteiger partial charge in [0.15, 0.2) is 0 Å². The highest BCUT2D eigenvalue weighted by molar-refractivity contribution is 7.26. The third-order valence-electron chi connectivity index (χ3n) is 10.6. The van der Waals surface area contributed by atoms with Gasteiger partial charge in [-0.25, -0.2) is 0 Å². The third-order valence-corrected chi connectivity index (χ3v) is 11.7. The van der Waals surface area contributed by atoms with Crippen LogP contribution in [0, 0.1) is 0 Å². The number of fused-ring (bicyclic) bond motifs is 15. The van der Waals surface area contributed by atoms with Crippen LogP contribution in [-0.4, -0.2) is 0 Å². The number of hydrogen-bond donors (Lipinski definition) is 0. The standard InChI is InChI=1S/C48H29NS/c1-3-16-36-32(12-1)34-14-5-7-18-38(34)43-28-30(24-26-40(36)43)49(45-21-11-23-47-48(45)42-20-9-10-22-46(42)50-47)31-25-27-41-37-17-4-2-13-33(37)35-15-6-8-19-39(35)44(41)29-31/h1-29H. The summed E-state index contributed by atoms with van der Waals surface area (Å²) < 4.78 is 2.60. The monoisotopic (exact) mass is 651 g/mol. The molecule has 1 heterocycles. The highest BCUT2D eigenvalue weighted by atomic mass is 32.1. The van der Waals surface area contributed by atoms with Gasteiger partial charge in [0, 0.05) is 31.5 Å². The van der Waals surface area contributed by atoms with Crippen LogP contribution in [0.3, 0.4) is 0 Å². The molecule has 0 aliphatic heterocycles. The maximum absolute atomic E-state index is 2.49. The predicted molar refractivity (Wildman–Crippen MR) is 219 cm³/mol. The van der Waals surface area contributed by atoms with Gasteiger partial charge < -0.3 is 4.90 Å². The molecule has 0 unspecified atom stereocenters. The van der Waals surface area contributed by atoms with Crippen molar-refractivity contribution in [1.29, 1.82) is 0 Å². The summed E-state index contributed by atoms with van der Waals surface area (Å²) >= 11 is 1.87. The van der Waals surface area contributed by atoms with E-state index >= 15 is 0 Å². The second-order valence-corrected chi connectivity index (χ2v) is 14.3. The first-order valence-electron chi connectivity index (χ1n) is 17.2. The summed E-state index contributed by atoms with van der Waals surface area (Å²) in [5, 5.41) is 18.0. The molecular weight excluding hydrogens is 623 g/mol. The van der Waals surface area contributed by atoms with Crippen molar-refractivity contribution in [2.75, 3.05) is 4.90 Å². The minimum absolute atomic E-state index is 1.14. The predicted octanol–water partition coefficient (Wildman–Crippen LogP) is 14.4. The Kier molecular flexibility index (Phi) is 5.89. The van der Waals surface area contributed by atoms with Crippen molar-refractivity contribution in [2.45, 2.75) is 0 Å². The van der Waals surface area contributed by atoms with Crippen LogP contribution >= 0.6 is 11.3 Å². The van der Waals surface area contributed by atoms with E-state index in [9.17, 15) is 0 Å². The topological polar surface area (TPSA) is 3.24 Å². The van der Waals surface area contributed by atoms with Crippen LogP contribution in [-0.2, 0) is 0 Å². The van der Waals surface area contributed by atoms with E-state index in [1.807, 2.05) is 11.3 Å². The van der Waals surface area contributed by atoms with Crippen LogP contribution < -0.4 is 4.90 Å². The van der Waals surface area contributed by atoms with E-state index in [4.69, 9.17) is 0 Å². The molecule has 2 heteroatoms. The molecule has 0 radical (unpaired) electrons. The lowest BCUT2D eigenvalue weighted by Crippen LogP contribution is -2.10. The molecule has 11 aromatic rings. The van der Waals surface area contributed by atoms with Gasteiger partial charge in [0.1, 0.15) is 0 Å². The van der Waals surface area contributed by atoms with Crippen LogP contribution in [0.15, 0.2) is 176 Å². The van der Waals surface area contributed by atoms with Gasteiger partial charge >= 0.3 is 0 Å². The van der Waals surface area contributed by atoms with Gasteiger partial charge in [0.05, 0.1) is 5.69 Å². The largest absolute Gasteiger partial charge is 0.310 e. The van der Waals surface area contributed by atoms with E-state index in [1.165, 1.54) is 90.5 Å². The number of thiophene rings is 1. The van der Waals surface area contributed by atoms with Crippen LogP contribution in [0.25, 0.3) is 84.8 Å². The van der Waals surface area contributed by atoms with Gasteiger partial charge in [0.25, 0.3) is 0 Å². The average Bonchev–Trinajstić information content (AvgIpc) is 3.58. The summed E-state index contributed by atoms with van der Waals surface area (Å²) in [5.41, 5.74) is 3.48. The molecule has 0 saturated carbocycles. The molecule has 0 saturated heterocycles. The second-order valence-electron chi connectivity index (χ2n) is 13.2. The number of rotatable bonds is 3. The smallest absolute Gasteiger partial charge is 0.0554 e. The lowest BCUT2D eigenvalue weighted by Gasteiger charge is -2.28. The average molecular weight is 652 g/mol. The molecule has 11 rings (SSSR count). The van der Waals surface area contributed by atoms with E-state index in [1.54, 1.807) is 0 Å². The van der Waals surface area contributed by atoms with Crippen molar-refractivity contribution in [3.63, 3.8) is 0 Å². The lowest BCUT2D eigenvalue weighted by atomic mass is 9.93. The zero-order chi connectivity index (χ0) is 32.8. The molecule has 0 atom stereocenters. The van der Waals surface area contributed by atoms with Crippen molar-refractivity contribution in [3.8, 4) is 0 Å². The lowest BCUT2D eigenvalue weighted by molar-refractivity contribution is 1.31. The molecule has 50 heavy (non-hydrogen) atoms. The van der Waals surface area contributed by atoms with Crippen molar-refractivity contribution in [1.82, 2.24) is 0 Å². The molecule has 0 aliphatic carbocycles. The molecular formula is C48H29NS. The summed E-state index contributed by atoms with van der Waals surface area (Å²) in [6.07, 6.45) is 0. The summed E-state index contributed by atoms with van der Waals surface area (Å²) in [7, 11) is 0.